The number of rotatable bonds is 5. The van der Waals surface area contributed by atoms with Gasteiger partial charge in [0.05, 0.1) is 6.61 Å². The fraction of sp³-hybridized carbons (Fsp3) is 0.250. The predicted molar refractivity (Wildman–Crippen MR) is 73.9 cm³/mol. The Morgan fingerprint density at radius 3 is 2.39 bits per heavy atom. The van der Waals surface area contributed by atoms with Crippen LogP contribution >= 0.6 is 0 Å². The number of para-hydroxylation sites is 1. The molecule has 0 saturated heterocycles. The van der Waals surface area contributed by atoms with Crippen molar-refractivity contribution in [3.05, 3.63) is 48.5 Å². The van der Waals surface area contributed by atoms with E-state index < -0.39 is 0 Å². The minimum atomic E-state index is 0.303. The Balaban J connectivity index is 2.10. The summed E-state index contributed by atoms with van der Waals surface area (Å²) < 4.78 is 5.61. The van der Waals surface area contributed by atoms with Crippen molar-refractivity contribution < 1.29 is 9.84 Å². The van der Waals surface area contributed by atoms with Gasteiger partial charge >= 0.3 is 0 Å². The van der Waals surface area contributed by atoms with Crippen molar-refractivity contribution in [3.63, 3.8) is 0 Å². The van der Waals surface area contributed by atoms with Gasteiger partial charge < -0.3 is 9.84 Å². The molecule has 1 N–H and O–H groups in total. The normalized spacial score (nSPS) is 10.3. The number of phenols is 1. The molecule has 0 amide bonds. The third-order valence-corrected chi connectivity index (χ3v) is 2.84. The molecule has 0 heterocycles. The van der Waals surface area contributed by atoms with Crippen LogP contribution in [0.15, 0.2) is 48.5 Å². The lowest BCUT2D eigenvalue weighted by Crippen LogP contribution is -1.95. The lowest BCUT2D eigenvalue weighted by Gasteiger charge is -2.07. The minimum absolute atomic E-state index is 0.303. The van der Waals surface area contributed by atoms with Gasteiger partial charge in [0.25, 0.3) is 0 Å². The number of ether oxygens (including phenoxy) is 1. The van der Waals surface area contributed by atoms with Crippen LogP contribution in [0.25, 0.3) is 11.1 Å². The first-order valence-corrected chi connectivity index (χ1v) is 6.32. The van der Waals surface area contributed by atoms with E-state index >= 15 is 0 Å². The van der Waals surface area contributed by atoms with Gasteiger partial charge in [-0.25, -0.2) is 0 Å². The van der Waals surface area contributed by atoms with Crippen molar-refractivity contribution in [2.24, 2.45) is 0 Å². The maximum atomic E-state index is 9.78. The highest BCUT2D eigenvalue weighted by Gasteiger charge is 2.03. The second kappa shape index (κ2) is 6.10. The molecule has 0 atom stereocenters. The van der Waals surface area contributed by atoms with Crippen LogP contribution in [0, 0.1) is 0 Å². The highest BCUT2D eigenvalue weighted by Crippen LogP contribution is 2.29. The van der Waals surface area contributed by atoms with E-state index in [4.69, 9.17) is 4.74 Å². The molecule has 0 radical (unpaired) electrons. The quantitative estimate of drug-likeness (QED) is 0.795. The number of phenolic OH excluding ortho intramolecular Hbond substituents is 1. The average Bonchev–Trinajstić information content (AvgIpc) is 2.41. The van der Waals surface area contributed by atoms with Gasteiger partial charge in [-0.05, 0) is 30.2 Å². The van der Waals surface area contributed by atoms with Crippen LogP contribution < -0.4 is 4.74 Å². The van der Waals surface area contributed by atoms with E-state index in [1.54, 1.807) is 6.07 Å². The second-order valence-corrected chi connectivity index (χ2v) is 4.24. The standard InChI is InChI=1S/C16H18O2/c1-2-3-12-18-14-10-8-13(9-11-14)15-6-4-5-7-16(15)17/h4-11,17H,2-3,12H2,1H3. The molecule has 0 aliphatic rings. The molecule has 0 bridgehead atoms. The van der Waals surface area contributed by atoms with Gasteiger partial charge in [-0.1, -0.05) is 43.7 Å². The fourth-order valence-corrected chi connectivity index (χ4v) is 1.78. The molecule has 0 aliphatic carbocycles. The third-order valence-electron chi connectivity index (χ3n) is 2.84. The Labute approximate surface area is 108 Å². The summed E-state index contributed by atoms with van der Waals surface area (Å²) in [6, 6.07) is 15.2. The van der Waals surface area contributed by atoms with E-state index in [2.05, 4.69) is 6.92 Å². The third kappa shape index (κ3) is 3.04. The van der Waals surface area contributed by atoms with Crippen LogP contribution in [0.5, 0.6) is 11.5 Å². The molecule has 0 aromatic heterocycles. The van der Waals surface area contributed by atoms with E-state index in [0.717, 1.165) is 36.3 Å². The minimum Gasteiger partial charge on any atom is -0.507 e. The van der Waals surface area contributed by atoms with E-state index in [9.17, 15) is 5.11 Å². The largest absolute Gasteiger partial charge is 0.507 e. The van der Waals surface area contributed by atoms with Gasteiger partial charge in [-0.3, -0.25) is 0 Å². The van der Waals surface area contributed by atoms with Crippen molar-refractivity contribution in [2.45, 2.75) is 19.8 Å². The summed E-state index contributed by atoms with van der Waals surface area (Å²) in [6.45, 7) is 2.90. The SMILES string of the molecule is CCCCOc1ccc(-c2ccccc2O)cc1. The Bertz CT molecular complexity index is 489. The van der Waals surface area contributed by atoms with Crippen molar-refractivity contribution in [2.75, 3.05) is 6.61 Å². The van der Waals surface area contributed by atoms with Crippen LogP contribution in [0.1, 0.15) is 19.8 Å². The van der Waals surface area contributed by atoms with Crippen LogP contribution in [0.4, 0.5) is 0 Å². The van der Waals surface area contributed by atoms with Gasteiger partial charge in [-0.2, -0.15) is 0 Å². The topological polar surface area (TPSA) is 29.5 Å². The highest BCUT2D eigenvalue weighted by atomic mass is 16.5. The first kappa shape index (κ1) is 12.5. The summed E-state index contributed by atoms with van der Waals surface area (Å²) >= 11 is 0. The van der Waals surface area contributed by atoms with Crippen molar-refractivity contribution >= 4 is 0 Å². The molecule has 0 saturated carbocycles. The molecule has 2 rings (SSSR count). The summed E-state index contributed by atoms with van der Waals surface area (Å²) in [5.74, 6) is 1.18. The van der Waals surface area contributed by atoms with Gasteiger partial charge in [0.1, 0.15) is 11.5 Å². The van der Waals surface area contributed by atoms with E-state index in [1.165, 1.54) is 0 Å². The number of hydrogen-bond acceptors (Lipinski definition) is 2. The van der Waals surface area contributed by atoms with Gasteiger partial charge in [0.2, 0.25) is 0 Å². The van der Waals surface area contributed by atoms with Crippen LogP contribution in [0.3, 0.4) is 0 Å². The van der Waals surface area contributed by atoms with Crippen LogP contribution in [-0.4, -0.2) is 11.7 Å². The fourth-order valence-electron chi connectivity index (χ4n) is 1.78. The lowest BCUT2D eigenvalue weighted by atomic mass is 10.0. The van der Waals surface area contributed by atoms with Crippen molar-refractivity contribution in [1.29, 1.82) is 0 Å². The number of hydrogen-bond donors (Lipinski definition) is 1. The average molecular weight is 242 g/mol. The van der Waals surface area contributed by atoms with Gasteiger partial charge in [-0.15, -0.1) is 0 Å². The Morgan fingerprint density at radius 1 is 1.00 bits per heavy atom. The first-order chi connectivity index (χ1) is 8.81. The van der Waals surface area contributed by atoms with E-state index in [0.29, 0.717) is 5.75 Å². The molecule has 0 aliphatic heterocycles. The molecule has 94 valence electrons. The Kier molecular flexibility index (Phi) is 4.24. The Hall–Kier alpha value is -1.96. The summed E-state index contributed by atoms with van der Waals surface area (Å²) in [5.41, 5.74) is 1.84. The second-order valence-electron chi connectivity index (χ2n) is 4.24. The van der Waals surface area contributed by atoms with Crippen LogP contribution in [-0.2, 0) is 0 Å². The molecular weight excluding hydrogens is 224 g/mol. The lowest BCUT2D eigenvalue weighted by molar-refractivity contribution is 0.309. The van der Waals surface area contributed by atoms with Crippen LogP contribution in [0.2, 0.25) is 0 Å². The molecule has 0 fully saturated rings. The van der Waals surface area contributed by atoms with Gasteiger partial charge in [0, 0.05) is 5.56 Å². The van der Waals surface area contributed by atoms with Crippen molar-refractivity contribution in [1.82, 2.24) is 0 Å². The first-order valence-electron chi connectivity index (χ1n) is 6.32. The smallest absolute Gasteiger partial charge is 0.123 e. The highest BCUT2D eigenvalue weighted by molar-refractivity contribution is 5.70. The molecule has 2 nitrogen and oxygen atoms in total. The molecule has 2 aromatic rings. The molecule has 2 heteroatoms. The monoisotopic (exact) mass is 242 g/mol. The maximum Gasteiger partial charge on any atom is 0.123 e. The zero-order valence-corrected chi connectivity index (χ0v) is 10.6. The van der Waals surface area contributed by atoms with E-state index in [-0.39, 0.29) is 0 Å². The van der Waals surface area contributed by atoms with Gasteiger partial charge in [0.15, 0.2) is 0 Å². The Morgan fingerprint density at radius 2 is 1.72 bits per heavy atom. The maximum absolute atomic E-state index is 9.78. The number of unbranched alkanes of at least 4 members (excludes halogenated alkanes) is 1. The predicted octanol–water partition coefficient (Wildman–Crippen LogP) is 4.24. The number of aromatic hydroxyl groups is 1. The summed E-state index contributed by atoms with van der Waals surface area (Å²) in [7, 11) is 0. The molecule has 2 aromatic carbocycles. The molecule has 0 spiro atoms. The molecule has 18 heavy (non-hydrogen) atoms. The zero-order valence-electron chi connectivity index (χ0n) is 10.6. The number of benzene rings is 2. The zero-order chi connectivity index (χ0) is 12.8. The summed E-state index contributed by atoms with van der Waals surface area (Å²) in [4.78, 5) is 0. The van der Waals surface area contributed by atoms with E-state index in [1.807, 2.05) is 42.5 Å². The van der Waals surface area contributed by atoms with Crippen molar-refractivity contribution in [3.8, 4) is 22.6 Å². The molecular formula is C16H18O2. The summed E-state index contributed by atoms with van der Waals surface area (Å²) in [5, 5.41) is 9.78. The summed E-state index contributed by atoms with van der Waals surface area (Å²) in [6.07, 6.45) is 2.21. The molecule has 0 unspecified atom stereocenters.